The third-order valence-corrected chi connectivity index (χ3v) is 3.00. The molecule has 0 amide bonds. The average molecular weight is 109 g/mol. The van der Waals surface area contributed by atoms with Crippen LogP contribution in [0.5, 0.6) is 0 Å². The van der Waals surface area contributed by atoms with E-state index in [1.807, 2.05) is 0 Å². The van der Waals surface area contributed by atoms with Crippen molar-refractivity contribution in [3.8, 4) is 0 Å². The summed E-state index contributed by atoms with van der Waals surface area (Å²) in [6.45, 7) is 1.31. The smallest absolute Gasteiger partial charge is 0.0198 e. The van der Waals surface area contributed by atoms with Crippen LogP contribution in [0.3, 0.4) is 0 Å². The quantitative estimate of drug-likeness (QED) is 0.519. The second-order valence-electron chi connectivity index (χ2n) is 3.78. The maximum absolute atomic E-state index is 3.36. The van der Waals surface area contributed by atoms with Crippen LogP contribution >= 0.6 is 0 Å². The topological polar surface area (TPSA) is 21.9 Å². The highest BCUT2D eigenvalue weighted by Gasteiger charge is 2.69. The fraction of sp³-hybridized carbons (Fsp3) is 1.00. The van der Waals surface area contributed by atoms with Gasteiger partial charge in [0.2, 0.25) is 0 Å². The predicted molar refractivity (Wildman–Crippen MR) is 31.6 cm³/mol. The molecule has 1 heterocycles. The van der Waals surface area contributed by atoms with Crippen molar-refractivity contribution in [2.24, 2.45) is 11.3 Å². The minimum absolute atomic E-state index is 0.939. The molecule has 0 aromatic heterocycles. The molecule has 3 rings (SSSR count). The number of rotatable bonds is 2. The fourth-order valence-corrected chi connectivity index (χ4v) is 1.86. The first kappa shape index (κ1) is 3.89. The van der Waals surface area contributed by atoms with Crippen LogP contribution in [0.2, 0.25) is 0 Å². The Morgan fingerprint density at radius 3 is 2.50 bits per heavy atom. The van der Waals surface area contributed by atoms with Gasteiger partial charge in [0, 0.05) is 12.6 Å². The molecule has 1 atom stereocenters. The molecule has 3 aliphatic rings. The Balaban J connectivity index is 1.67. The minimum atomic E-state index is 0.939. The van der Waals surface area contributed by atoms with E-state index in [2.05, 4.69) is 5.32 Å². The molecule has 44 valence electrons. The summed E-state index contributed by atoms with van der Waals surface area (Å²) in [5, 5.41) is 3.36. The molecule has 0 aromatic rings. The van der Waals surface area contributed by atoms with E-state index in [4.69, 9.17) is 0 Å². The summed E-state index contributed by atoms with van der Waals surface area (Å²) in [5.74, 6) is 1.20. The van der Waals surface area contributed by atoms with E-state index in [1.54, 1.807) is 12.8 Å². The van der Waals surface area contributed by atoms with Crippen LogP contribution in [0.25, 0.3) is 0 Å². The van der Waals surface area contributed by atoms with Crippen LogP contribution in [0, 0.1) is 11.3 Å². The van der Waals surface area contributed by atoms with Crippen molar-refractivity contribution in [1.29, 1.82) is 0 Å². The lowest BCUT2D eigenvalue weighted by Crippen LogP contribution is -1.96. The summed E-state index contributed by atoms with van der Waals surface area (Å²) >= 11 is 0. The molecule has 1 unspecified atom stereocenters. The van der Waals surface area contributed by atoms with Gasteiger partial charge >= 0.3 is 0 Å². The highest BCUT2D eigenvalue weighted by Crippen LogP contribution is 2.77. The molecule has 2 saturated carbocycles. The largest absolute Gasteiger partial charge is 0.311 e. The van der Waals surface area contributed by atoms with Crippen molar-refractivity contribution in [3.63, 3.8) is 0 Å². The summed E-state index contributed by atoms with van der Waals surface area (Å²) in [6, 6.07) is 0.947. The number of nitrogens with one attached hydrogen (secondary N) is 1. The SMILES string of the molecule is C1NC1CC12CC1C2. The molecule has 3 fully saturated rings. The standard InChI is InChI=1S/C7H11N/c1-5-2-7(1,5)3-6-4-8-6/h5-6,8H,1-4H2. The second kappa shape index (κ2) is 0.860. The summed E-state index contributed by atoms with van der Waals surface area (Å²) in [4.78, 5) is 0. The Hall–Kier alpha value is -0.0400. The van der Waals surface area contributed by atoms with Gasteiger partial charge in [-0.3, -0.25) is 0 Å². The summed E-state index contributed by atoms with van der Waals surface area (Å²) < 4.78 is 0. The maximum Gasteiger partial charge on any atom is 0.0198 e. The van der Waals surface area contributed by atoms with Gasteiger partial charge in [0.15, 0.2) is 0 Å². The fourth-order valence-electron chi connectivity index (χ4n) is 1.86. The normalized spacial score (nSPS) is 64.5. The molecule has 0 bridgehead atoms. The third-order valence-electron chi connectivity index (χ3n) is 3.00. The Morgan fingerprint density at radius 2 is 2.12 bits per heavy atom. The molecule has 1 N–H and O–H groups in total. The van der Waals surface area contributed by atoms with Crippen molar-refractivity contribution < 1.29 is 0 Å². The monoisotopic (exact) mass is 109 g/mol. The van der Waals surface area contributed by atoms with Crippen molar-refractivity contribution in [2.45, 2.75) is 25.3 Å². The Kier molecular flexibility index (Phi) is 0.418. The second-order valence-corrected chi connectivity index (χ2v) is 3.78. The lowest BCUT2D eigenvalue weighted by atomic mass is 10.1. The first-order chi connectivity index (χ1) is 3.89. The van der Waals surface area contributed by atoms with Crippen LogP contribution < -0.4 is 5.32 Å². The van der Waals surface area contributed by atoms with Gasteiger partial charge in [0.25, 0.3) is 0 Å². The van der Waals surface area contributed by atoms with Gasteiger partial charge in [-0.15, -0.1) is 0 Å². The van der Waals surface area contributed by atoms with Crippen molar-refractivity contribution in [2.75, 3.05) is 6.54 Å². The molecule has 8 heavy (non-hydrogen) atoms. The lowest BCUT2D eigenvalue weighted by molar-refractivity contribution is 0.579. The van der Waals surface area contributed by atoms with E-state index in [0.717, 1.165) is 11.5 Å². The Bertz CT molecular complexity index is 131. The van der Waals surface area contributed by atoms with E-state index in [-0.39, 0.29) is 0 Å². The Morgan fingerprint density at radius 1 is 1.50 bits per heavy atom. The van der Waals surface area contributed by atoms with Crippen molar-refractivity contribution >= 4 is 0 Å². The third kappa shape index (κ3) is 0.368. The van der Waals surface area contributed by atoms with Gasteiger partial charge in [-0.2, -0.15) is 0 Å². The van der Waals surface area contributed by atoms with E-state index in [9.17, 15) is 0 Å². The minimum Gasteiger partial charge on any atom is -0.311 e. The summed E-state index contributed by atoms with van der Waals surface area (Å²) in [6.07, 6.45) is 4.66. The van der Waals surface area contributed by atoms with E-state index >= 15 is 0 Å². The highest BCUT2D eigenvalue weighted by molar-refractivity contribution is 5.20. The molecule has 2 aliphatic carbocycles. The van der Waals surface area contributed by atoms with Crippen molar-refractivity contribution in [3.05, 3.63) is 0 Å². The summed E-state index contributed by atoms with van der Waals surface area (Å²) in [7, 11) is 0. The zero-order valence-electron chi connectivity index (χ0n) is 4.98. The van der Waals surface area contributed by atoms with Crippen molar-refractivity contribution in [1.82, 2.24) is 5.32 Å². The first-order valence-electron chi connectivity index (χ1n) is 3.62. The van der Waals surface area contributed by atoms with Gasteiger partial charge in [-0.1, -0.05) is 0 Å². The molecule has 0 radical (unpaired) electrons. The average Bonchev–Trinajstić information content (AvgIpc) is 2.28. The summed E-state index contributed by atoms with van der Waals surface area (Å²) in [5.41, 5.74) is 0.939. The maximum atomic E-state index is 3.36. The molecular formula is C7H11N. The highest BCUT2D eigenvalue weighted by atomic mass is 15.1. The molecule has 1 saturated heterocycles. The molecule has 0 aromatic carbocycles. The number of fused-ring (bicyclic) bond motifs is 1. The molecular weight excluding hydrogens is 98.1 g/mol. The van der Waals surface area contributed by atoms with Crippen LogP contribution in [-0.2, 0) is 0 Å². The van der Waals surface area contributed by atoms with Gasteiger partial charge in [-0.25, -0.2) is 0 Å². The zero-order valence-corrected chi connectivity index (χ0v) is 4.98. The van der Waals surface area contributed by atoms with E-state index in [0.29, 0.717) is 0 Å². The van der Waals surface area contributed by atoms with Crippen LogP contribution in [0.15, 0.2) is 0 Å². The van der Waals surface area contributed by atoms with Gasteiger partial charge in [0.1, 0.15) is 0 Å². The van der Waals surface area contributed by atoms with Gasteiger partial charge < -0.3 is 5.32 Å². The molecule has 1 aliphatic heterocycles. The van der Waals surface area contributed by atoms with Crippen LogP contribution in [0.1, 0.15) is 19.3 Å². The van der Waals surface area contributed by atoms with E-state index < -0.39 is 0 Å². The molecule has 1 nitrogen and oxygen atoms in total. The van der Waals surface area contributed by atoms with Crippen LogP contribution in [-0.4, -0.2) is 12.6 Å². The molecule has 1 heteroatoms. The van der Waals surface area contributed by atoms with Gasteiger partial charge in [-0.05, 0) is 30.6 Å². The number of hydrogen-bond acceptors (Lipinski definition) is 1. The number of hydrogen-bond donors (Lipinski definition) is 1. The molecule has 0 spiro atoms. The van der Waals surface area contributed by atoms with E-state index in [1.165, 1.54) is 18.9 Å². The van der Waals surface area contributed by atoms with Crippen LogP contribution in [0.4, 0.5) is 0 Å². The predicted octanol–water partition coefficient (Wildman–Crippen LogP) is 0.758. The Labute approximate surface area is 49.5 Å². The first-order valence-corrected chi connectivity index (χ1v) is 3.62. The zero-order chi connectivity index (χ0) is 5.19. The lowest BCUT2D eigenvalue weighted by Gasteiger charge is -1.96. The van der Waals surface area contributed by atoms with Gasteiger partial charge in [0.05, 0.1) is 0 Å².